The number of hydrogen-bond donors (Lipinski definition) is 0. The van der Waals surface area contributed by atoms with E-state index in [9.17, 15) is 0 Å². The molecule has 1 aliphatic rings. The first-order valence-corrected chi connectivity index (χ1v) is 13.3. The number of aromatic nitrogens is 3. The lowest BCUT2D eigenvalue weighted by molar-refractivity contribution is 0.482. The van der Waals surface area contributed by atoms with Crippen LogP contribution in [0.5, 0.6) is 11.5 Å². The van der Waals surface area contributed by atoms with Crippen molar-refractivity contribution in [1.82, 2.24) is 14.5 Å². The van der Waals surface area contributed by atoms with E-state index in [1.54, 1.807) is 0 Å². The second-order valence-corrected chi connectivity index (χ2v) is 9.90. The van der Waals surface area contributed by atoms with E-state index in [0.29, 0.717) is 5.82 Å². The van der Waals surface area contributed by atoms with Crippen molar-refractivity contribution in [3.63, 3.8) is 0 Å². The van der Waals surface area contributed by atoms with Crippen molar-refractivity contribution in [2.45, 2.75) is 0 Å². The Morgan fingerprint density at radius 1 is 0.500 bits per heavy atom. The average molecular weight is 514 g/mol. The van der Waals surface area contributed by atoms with Crippen LogP contribution in [0.25, 0.3) is 62.4 Å². The highest BCUT2D eigenvalue weighted by Crippen LogP contribution is 2.40. The summed E-state index contributed by atoms with van der Waals surface area (Å²) in [5, 5.41) is 2.26. The summed E-state index contributed by atoms with van der Waals surface area (Å²) in [6.45, 7) is 0. The lowest BCUT2D eigenvalue weighted by Gasteiger charge is -2.13. The van der Waals surface area contributed by atoms with Crippen LogP contribution in [0.1, 0.15) is 11.1 Å². The summed E-state index contributed by atoms with van der Waals surface area (Å²) < 4.78 is 8.68. The fourth-order valence-electron chi connectivity index (χ4n) is 5.51. The SMILES string of the molecule is C1=Cc2cc3c(cc2Oc2ccccc21)c1ccccc1n3-c1cc(-c2ccccc2)nc(-c2ccccc2)n1. The van der Waals surface area contributed by atoms with E-state index in [4.69, 9.17) is 14.7 Å². The summed E-state index contributed by atoms with van der Waals surface area (Å²) >= 11 is 0. The molecule has 3 heterocycles. The maximum absolute atomic E-state index is 6.43. The fraction of sp³-hybridized carbons (Fsp3) is 0. The van der Waals surface area contributed by atoms with Gasteiger partial charge in [0.2, 0.25) is 0 Å². The minimum Gasteiger partial charge on any atom is -0.456 e. The predicted octanol–water partition coefficient (Wildman–Crippen LogP) is 9.18. The maximum atomic E-state index is 6.43. The first kappa shape index (κ1) is 22.5. The summed E-state index contributed by atoms with van der Waals surface area (Å²) in [6, 6.07) is 43.5. The van der Waals surface area contributed by atoms with Crippen molar-refractivity contribution in [3.05, 3.63) is 139 Å². The van der Waals surface area contributed by atoms with E-state index < -0.39 is 0 Å². The molecule has 2 aromatic heterocycles. The summed E-state index contributed by atoms with van der Waals surface area (Å²) in [6.07, 6.45) is 4.25. The van der Waals surface area contributed by atoms with Crippen LogP contribution in [0.2, 0.25) is 0 Å². The summed E-state index contributed by atoms with van der Waals surface area (Å²) in [4.78, 5) is 10.1. The minimum absolute atomic E-state index is 0.691. The molecule has 8 rings (SSSR count). The monoisotopic (exact) mass is 513 g/mol. The van der Waals surface area contributed by atoms with E-state index in [2.05, 4.69) is 89.5 Å². The molecular weight excluding hydrogens is 490 g/mol. The summed E-state index contributed by atoms with van der Waals surface area (Å²) in [5.74, 6) is 3.21. The van der Waals surface area contributed by atoms with E-state index in [1.807, 2.05) is 54.6 Å². The van der Waals surface area contributed by atoms with Crippen molar-refractivity contribution in [1.29, 1.82) is 0 Å². The van der Waals surface area contributed by atoms with E-state index in [1.165, 1.54) is 0 Å². The molecule has 0 radical (unpaired) electrons. The molecule has 1 aliphatic heterocycles. The van der Waals surface area contributed by atoms with Gasteiger partial charge in [0, 0.05) is 39.1 Å². The van der Waals surface area contributed by atoms with Gasteiger partial charge in [-0.3, -0.25) is 4.57 Å². The van der Waals surface area contributed by atoms with Crippen molar-refractivity contribution in [3.8, 4) is 40.0 Å². The van der Waals surface area contributed by atoms with Gasteiger partial charge in [0.1, 0.15) is 17.3 Å². The summed E-state index contributed by atoms with van der Waals surface area (Å²) in [5.41, 5.74) is 7.14. The number of benzene rings is 5. The predicted molar refractivity (Wildman–Crippen MR) is 163 cm³/mol. The Morgan fingerprint density at radius 3 is 2.05 bits per heavy atom. The average Bonchev–Trinajstić information content (AvgIpc) is 3.22. The van der Waals surface area contributed by atoms with E-state index in [-0.39, 0.29) is 0 Å². The Labute approximate surface area is 231 Å². The smallest absolute Gasteiger partial charge is 0.162 e. The molecule has 0 atom stereocenters. The lowest BCUT2D eigenvalue weighted by atomic mass is 10.1. The Kier molecular flexibility index (Phi) is 5.10. The molecule has 188 valence electrons. The standard InChI is InChI=1S/C36H23N3O/c1-3-11-24(12-4-1)30-23-35(38-36(37-30)26-14-5-2-6-15-26)39-31-17-9-8-16-28(31)29-22-34-27(21-32(29)39)20-19-25-13-7-10-18-33(25)40-34/h1-23H. The molecule has 4 heteroatoms. The van der Waals surface area contributed by atoms with Crippen LogP contribution < -0.4 is 4.74 Å². The largest absolute Gasteiger partial charge is 0.456 e. The number of nitrogens with zero attached hydrogens (tertiary/aromatic N) is 3. The van der Waals surface area contributed by atoms with Crippen LogP contribution in [0.4, 0.5) is 0 Å². The molecule has 0 fully saturated rings. The van der Waals surface area contributed by atoms with Gasteiger partial charge in [-0.15, -0.1) is 0 Å². The molecule has 0 saturated heterocycles. The first-order chi connectivity index (χ1) is 19.8. The number of hydrogen-bond acceptors (Lipinski definition) is 3. The van der Waals surface area contributed by atoms with Crippen molar-refractivity contribution in [2.75, 3.05) is 0 Å². The molecule has 0 N–H and O–H groups in total. The van der Waals surface area contributed by atoms with Gasteiger partial charge in [0.15, 0.2) is 5.82 Å². The minimum atomic E-state index is 0.691. The Balaban J connectivity index is 1.42. The van der Waals surface area contributed by atoms with Crippen LogP contribution in [0.3, 0.4) is 0 Å². The number of para-hydroxylation sites is 2. The highest BCUT2D eigenvalue weighted by molar-refractivity contribution is 6.10. The topological polar surface area (TPSA) is 39.9 Å². The molecule has 0 spiro atoms. The normalized spacial score (nSPS) is 12.1. The van der Waals surface area contributed by atoms with Crippen molar-refractivity contribution in [2.24, 2.45) is 0 Å². The maximum Gasteiger partial charge on any atom is 0.162 e. The molecule has 4 nitrogen and oxygen atoms in total. The molecule has 0 bridgehead atoms. The second kappa shape index (κ2) is 9.07. The van der Waals surface area contributed by atoms with Crippen LogP contribution in [-0.4, -0.2) is 14.5 Å². The van der Waals surface area contributed by atoms with Gasteiger partial charge in [-0.25, -0.2) is 9.97 Å². The van der Waals surface area contributed by atoms with Crippen LogP contribution in [0, 0.1) is 0 Å². The third-order valence-corrected chi connectivity index (χ3v) is 7.43. The highest BCUT2D eigenvalue weighted by atomic mass is 16.5. The van der Waals surface area contributed by atoms with Crippen molar-refractivity contribution < 1.29 is 4.74 Å². The fourth-order valence-corrected chi connectivity index (χ4v) is 5.51. The number of rotatable bonds is 3. The number of fused-ring (bicyclic) bond motifs is 5. The van der Waals surface area contributed by atoms with Gasteiger partial charge >= 0.3 is 0 Å². The van der Waals surface area contributed by atoms with Gasteiger partial charge in [-0.1, -0.05) is 109 Å². The third kappa shape index (κ3) is 3.69. The molecular formula is C36H23N3O. The van der Waals surface area contributed by atoms with Gasteiger partial charge in [0.25, 0.3) is 0 Å². The molecule has 7 aromatic rings. The van der Waals surface area contributed by atoms with Crippen LogP contribution >= 0.6 is 0 Å². The highest BCUT2D eigenvalue weighted by Gasteiger charge is 2.19. The zero-order valence-corrected chi connectivity index (χ0v) is 21.5. The zero-order chi connectivity index (χ0) is 26.5. The quantitative estimate of drug-likeness (QED) is 0.236. The zero-order valence-electron chi connectivity index (χ0n) is 21.5. The van der Waals surface area contributed by atoms with Crippen LogP contribution in [0.15, 0.2) is 127 Å². The molecule has 40 heavy (non-hydrogen) atoms. The molecule has 5 aromatic carbocycles. The van der Waals surface area contributed by atoms with E-state index in [0.717, 1.165) is 67.1 Å². The number of ether oxygens (including phenoxy) is 1. The van der Waals surface area contributed by atoms with Gasteiger partial charge in [-0.05, 0) is 24.3 Å². The lowest BCUT2D eigenvalue weighted by Crippen LogP contribution is -2.02. The van der Waals surface area contributed by atoms with E-state index >= 15 is 0 Å². The Bertz CT molecular complexity index is 2020. The molecule has 0 saturated carbocycles. The van der Waals surface area contributed by atoms with Gasteiger partial charge in [0.05, 0.1) is 16.7 Å². The van der Waals surface area contributed by atoms with Crippen molar-refractivity contribution >= 4 is 34.0 Å². The Morgan fingerprint density at radius 2 is 1.20 bits per heavy atom. The second-order valence-electron chi connectivity index (χ2n) is 9.90. The molecule has 0 unspecified atom stereocenters. The van der Waals surface area contributed by atoms with Gasteiger partial charge in [-0.2, -0.15) is 0 Å². The van der Waals surface area contributed by atoms with Crippen LogP contribution in [-0.2, 0) is 0 Å². The third-order valence-electron chi connectivity index (χ3n) is 7.43. The summed E-state index contributed by atoms with van der Waals surface area (Å²) in [7, 11) is 0. The Hall–Kier alpha value is -5.48. The van der Waals surface area contributed by atoms with Gasteiger partial charge < -0.3 is 4.74 Å². The molecule has 0 aliphatic carbocycles. The first-order valence-electron chi connectivity index (χ1n) is 13.3. The molecule has 0 amide bonds.